The van der Waals surface area contributed by atoms with Gasteiger partial charge < -0.3 is 14.2 Å². The van der Waals surface area contributed by atoms with Crippen LogP contribution in [0.2, 0.25) is 0 Å². The van der Waals surface area contributed by atoms with Gasteiger partial charge in [-0.25, -0.2) is 0 Å². The molecule has 0 N–H and O–H groups in total. The number of ether oxygens (including phenoxy) is 1. The highest BCUT2D eigenvalue weighted by molar-refractivity contribution is 5.76. The zero-order valence-electron chi connectivity index (χ0n) is 14.7. The quantitative estimate of drug-likeness (QED) is 0.689. The van der Waals surface area contributed by atoms with Crippen molar-refractivity contribution in [2.24, 2.45) is 5.92 Å². The van der Waals surface area contributed by atoms with Crippen LogP contribution < -0.4 is 0 Å². The summed E-state index contributed by atoms with van der Waals surface area (Å²) in [6, 6.07) is 9.68. The second-order valence-electron chi connectivity index (χ2n) is 6.45. The maximum atomic E-state index is 12.4. The Labute approximate surface area is 148 Å². The van der Waals surface area contributed by atoms with E-state index in [0.29, 0.717) is 30.5 Å². The zero-order valence-corrected chi connectivity index (χ0v) is 14.7. The first-order valence-corrected chi connectivity index (χ1v) is 8.99. The third-order valence-electron chi connectivity index (χ3n) is 4.39. The molecule has 0 aliphatic carbocycles. The SMILES string of the molecule is CCCOC[C@H]1CCN(C(=O)CCc2nc(-c3ccccc3)no2)C1. The Hall–Kier alpha value is -2.21. The number of rotatable bonds is 8. The van der Waals surface area contributed by atoms with Crippen LogP contribution in [0.15, 0.2) is 34.9 Å². The van der Waals surface area contributed by atoms with Gasteiger partial charge in [-0.3, -0.25) is 4.79 Å². The number of aryl methyl sites for hydroxylation is 1. The molecule has 0 bridgehead atoms. The number of hydrogen-bond acceptors (Lipinski definition) is 5. The van der Waals surface area contributed by atoms with Crippen molar-refractivity contribution >= 4 is 5.91 Å². The maximum absolute atomic E-state index is 12.4. The number of nitrogens with zero attached hydrogens (tertiary/aromatic N) is 3. The smallest absolute Gasteiger partial charge is 0.227 e. The summed E-state index contributed by atoms with van der Waals surface area (Å²) < 4.78 is 10.9. The molecule has 1 atom stereocenters. The fourth-order valence-electron chi connectivity index (χ4n) is 3.02. The van der Waals surface area contributed by atoms with E-state index in [9.17, 15) is 4.79 Å². The van der Waals surface area contributed by atoms with Crippen molar-refractivity contribution in [3.63, 3.8) is 0 Å². The molecule has 0 spiro atoms. The molecule has 25 heavy (non-hydrogen) atoms. The van der Waals surface area contributed by atoms with Gasteiger partial charge in [-0.05, 0) is 12.8 Å². The van der Waals surface area contributed by atoms with E-state index in [-0.39, 0.29) is 5.91 Å². The van der Waals surface area contributed by atoms with Crippen molar-refractivity contribution in [3.8, 4) is 11.4 Å². The Morgan fingerprint density at radius 2 is 2.20 bits per heavy atom. The van der Waals surface area contributed by atoms with Gasteiger partial charge in [0.25, 0.3) is 0 Å². The molecule has 2 aromatic rings. The van der Waals surface area contributed by atoms with Crippen molar-refractivity contribution in [1.29, 1.82) is 0 Å². The third kappa shape index (κ3) is 4.89. The standard InChI is InChI=1S/C19H25N3O3/c1-2-12-24-14-15-10-11-22(13-15)18(23)9-8-17-20-19(21-25-17)16-6-4-3-5-7-16/h3-7,15H,2,8-14H2,1H3/t15-/m0/s1. The van der Waals surface area contributed by atoms with Gasteiger partial charge in [0.1, 0.15) is 0 Å². The molecule has 1 aromatic heterocycles. The van der Waals surface area contributed by atoms with Gasteiger partial charge >= 0.3 is 0 Å². The molecule has 6 nitrogen and oxygen atoms in total. The molecule has 2 heterocycles. The molecule has 1 aliphatic heterocycles. The summed E-state index contributed by atoms with van der Waals surface area (Å²) in [6.07, 6.45) is 2.93. The van der Waals surface area contributed by atoms with E-state index in [2.05, 4.69) is 17.1 Å². The van der Waals surface area contributed by atoms with Crippen LogP contribution in [0.4, 0.5) is 0 Å². The van der Waals surface area contributed by atoms with E-state index in [4.69, 9.17) is 9.26 Å². The second-order valence-corrected chi connectivity index (χ2v) is 6.45. The fourth-order valence-corrected chi connectivity index (χ4v) is 3.02. The Balaban J connectivity index is 1.45. The van der Waals surface area contributed by atoms with Crippen molar-refractivity contribution in [3.05, 3.63) is 36.2 Å². The average molecular weight is 343 g/mol. The molecule has 1 saturated heterocycles. The van der Waals surface area contributed by atoms with Crippen LogP contribution in [0.5, 0.6) is 0 Å². The normalized spacial score (nSPS) is 17.2. The monoisotopic (exact) mass is 343 g/mol. The van der Waals surface area contributed by atoms with Gasteiger partial charge in [-0.15, -0.1) is 0 Å². The third-order valence-corrected chi connectivity index (χ3v) is 4.39. The van der Waals surface area contributed by atoms with E-state index in [1.54, 1.807) is 0 Å². The lowest BCUT2D eigenvalue weighted by molar-refractivity contribution is -0.130. The Kier molecular flexibility index (Phi) is 6.17. The van der Waals surface area contributed by atoms with Crippen molar-refractivity contribution in [2.75, 3.05) is 26.3 Å². The number of carbonyl (C=O) groups is 1. The minimum atomic E-state index is 0.150. The lowest BCUT2D eigenvalue weighted by Crippen LogP contribution is -2.29. The first kappa shape index (κ1) is 17.6. The number of carbonyl (C=O) groups excluding carboxylic acids is 1. The molecule has 0 radical (unpaired) electrons. The zero-order chi connectivity index (χ0) is 17.5. The van der Waals surface area contributed by atoms with Crippen LogP contribution in [-0.2, 0) is 16.0 Å². The lowest BCUT2D eigenvalue weighted by atomic mass is 10.1. The molecular weight excluding hydrogens is 318 g/mol. The van der Waals surface area contributed by atoms with Crippen molar-refractivity contribution in [2.45, 2.75) is 32.6 Å². The molecule has 1 aromatic carbocycles. The van der Waals surface area contributed by atoms with Crippen LogP contribution in [0, 0.1) is 5.92 Å². The van der Waals surface area contributed by atoms with Crippen molar-refractivity contribution in [1.82, 2.24) is 15.0 Å². The van der Waals surface area contributed by atoms with E-state index >= 15 is 0 Å². The van der Waals surface area contributed by atoms with E-state index in [1.165, 1.54) is 0 Å². The summed E-state index contributed by atoms with van der Waals surface area (Å²) >= 11 is 0. The summed E-state index contributed by atoms with van der Waals surface area (Å²) in [7, 11) is 0. The average Bonchev–Trinajstić information content (AvgIpc) is 3.30. The topological polar surface area (TPSA) is 68.5 Å². The Bertz CT molecular complexity index is 672. The number of aromatic nitrogens is 2. The highest BCUT2D eigenvalue weighted by Gasteiger charge is 2.26. The predicted molar refractivity (Wildman–Crippen MR) is 93.9 cm³/mol. The van der Waals surface area contributed by atoms with Gasteiger partial charge in [0.05, 0.1) is 6.61 Å². The molecule has 134 valence electrons. The van der Waals surface area contributed by atoms with Crippen LogP contribution in [0.3, 0.4) is 0 Å². The highest BCUT2D eigenvalue weighted by Crippen LogP contribution is 2.19. The molecule has 0 unspecified atom stereocenters. The number of hydrogen-bond donors (Lipinski definition) is 0. The fraction of sp³-hybridized carbons (Fsp3) is 0.526. The van der Waals surface area contributed by atoms with Gasteiger partial charge in [-0.2, -0.15) is 4.98 Å². The second kappa shape index (κ2) is 8.76. The number of likely N-dealkylation sites (tertiary alicyclic amines) is 1. The first-order valence-electron chi connectivity index (χ1n) is 8.99. The first-order chi connectivity index (χ1) is 12.3. The molecule has 1 amide bonds. The molecule has 6 heteroatoms. The van der Waals surface area contributed by atoms with E-state index in [0.717, 1.165) is 44.7 Å². The highest BCUT2D eigenvalue weighted by atomic mass is 16.5. The van der Waals surface area contributed by atoms with Crippen LogP contribution in [0.25, 0.3) is 11.4 Å². The van der Waals surface area contributed by atoms with E-state index in [1.807, 2.05) is 35.2 Å². The number of amides is 1. The minimum Gasteiger partial charge on any atom is -0.381 e. The van der Waals surface area contributed by atoms with Gasteiger partial charge in [0.15, 0.2) is 0 Å². The molecule has 0 saturated carbocycles. The Morgan fingerprint density at radius 1 is 1.36 bits per heavy atom. The van der Waals surface area contributed by atoms with Crippen LogP contribution in [-0.4, -0.2) is 47.3 Å². The molecule has 1 fully saturated rings. The van der Waals surface area contributed by atoms with E-state index < -0.39 is 0 Å². The Morgan fingerprint density at radius 3 is 3.00 bits per heavy atom. The predicted octanol–water partition coefficient (Wildman–Crippen LogP) is 2.94. The van der Waals surface area contributed by atoms with Gasteiger partial charge in [0.2, 0.25) is 17.6 Å². The largest absolute Gasteiger partial charge is 0.381 e. The summed E-state index contributed by atoms with van der Waals surface area (Å²) in [4.78, 5) is 18.7. The summed E-state index contributed by atoms with van der Waals surface area (Å²) in [5, 5.41) is 3.99. The summed E-state index contributed by atoms with van der Waals surface area (Å²) in [5.41, 5.74) is 0.915. The summed E-state index contributed by atoms with van der Waals surface area (Å²) in [5.74, 6) is 1.69. The number of benzene rings is 1. The van der Waals surface area contributed by atoms with Crippen LogP contribution >= 0.6 is 0 Å². The molecule has 1 aliphatic rings. The van der Waals surface area contributed by atoms with Crippen LogP contribution in [0.1, 0.15) is 32.1 Å². The lowest BCUT2D eigenvalue weighted by Gasteiger charge is -2.16. The minimum absolute atomic E-state index is 0.150. The van der Waals surface area contributed by atoms with Gasteiger partial charge in [-0.1, -0.05) is 42.4 Å². The summed E-state index contributed by atoms with van der Waals surface area (Å²) in [6.45, 7) is 5.26. The molecular formula is C19H25N3O3. The maximum Gasteiger partial charge on any atom is 0.227 e. The van der Waals surface area contributed by atoms with Crippen molar-refractivity contribution < 1.29 is 14.1 Å². The molecule has 3 rings (SSSR count). The van der Waals surface area contributed by atoms with Gasteiger partial charge in [0, 0.05) is 44.0 Å².